The fourth-order valence-corrected chi connectivity index (χ4v) is 1.96. The lowest BCUT2D eigenvalue weighted by atomic mass is 10.2. The summed E-state index contributed by atoms with van der Waals surface area (Å²) in [5, 5.41) is 8.66. The molecule has 0 saturated carbocycles. The summed E-state index contributed by atoms with van der Waals surface area (Å²) in [5.74, 6) is -1.43. The minimum Gasteiger partial charge on any atom is -0.476 e. The molecule has 0 atom stereocenters. The molecule has 0 aromatic carbocycles. The number of nitrogens with zero attached hydrogens (tertiary/aromatic N) is 1. The van der Waals surface area contributed by atoms with E-state index in [9.17, 15) is 13.6 Å². The van der Waals surface area contributed by atoms with Crippen LogP contribution in [0.5, 0.6) is 0 Å². The Balaban J connectivity index is 3.44. The predicted octanol–water partition coefficient (Wildman–Crippen LogP) is 2.63. The van der Waals surface area contributed by atoms with Gasteiger partial charge in [0.25, 0.3) is 6.43 Å². The third kappa shape index (κ3) is 2.17. The Labute approximate surface area is 92.3 Å². The number of carbonyl (C=O) groups is 1. The lowest BCUT2D eigenvalue weighted by molar-refractivity contribution is 0.0676. The van der Waals surface area contributed by atoms with Gasteiger partial charge in [0.1, 0.15) is 0 Å². The summed E-state index contributed by atoms with van der Waals surface area (Å²) in [7, 11) is 0. The van der Waals surface area contributed by atoms with E-state index in [1.54, 1.807) is 29.5 Å². The topological polar surface area (TPSA) is 50.2 Å². The molecule has 0 saturated heterocycles. The highest BCUT2D eigenvalue weighted by molar-refractivity contribution is 14.1. The summed E-state index contributed by atoms with van der Waals surface area (Å²) in [5.41, 5.74) is -0.663. The SMILES string of the molecule is Cc1cc(I)c(C(F)F)c(C(=O)O)n1. The van der Waals surface area contributed by atoms with Crippen LogP contribution in [0, 0.1) is 10.5 Å². The summed E-state index contributed by atoms with van der Waals surface area (Å²) >= 11 is 1.68. The number of pyridine rings is 1. The Hall–Kier alpha value is -0.790. The van der Waals surface area contributed by atoms with Crippen LogP contribution < -0.4 is 0 Å². The van der Waals surface area contributed by atoms with Crippen LogP contribution in [0.4, 0.5) is 8.78 Å². The van der Waals surface area contributed by atoms with Crippen LogP contribution in [0.2, 0.25) is 0 Å². The zero-order valence-corrected chi connectivity index (χ0v) is 9.25. The highest BCUT2D eigenvalue weighted by atomic mass is 127. The molecule has 0 bridgehead atoms. The molecule has 14 heavy (non-hydrogen) atoms. The summed E-state index contributed by atoms with van der Waals surface area (Å²) in [6.45, 7) is 1.56. The van der Waals surface area contributed by atoms with Gasteiger partial charge in [-0.05, 0) is 35.6 Å². The molecule has 76 valence electrons. The number of rotatable bonds is 2. The van der Waals surface area contributed by atoms with Crippen LogP contribution in [-0.2, 0) is 0 Å². The number of carboxylic acid groups (broad SMARTS) is 1. The quantitative estimate of drug-likeness (QED) is 0.854. The first kappa shape index (κ1) is 11.3. The maximum Gasteiger partial charge on any atom is 0.355 e. The van der Waals surface area contributed by atoms with Gasteiger partial charge in [0.15, 0.2) is 5.69 Å². The van der Waals surface area contributed by atoms with Crippen LogP contribution in [-0.4, -0.2) is 16.1 Å². The van der Waals surface area contributed by atoms with Gasteiger partial charge in [0.05, 0.1) is 5.56 Å². The summed E-state index contributed by atoms with van der Waals surface area (Å²) < 4.78 is 25.2. The van der Waals surface area contributed by atoms with Crippen molar-refractivity contribution in [2.24, 2.45) is 0 Å². The van der Waals surface area contributed by atoms with Crippen LogP contribution in [0.3, 0.4) is 0 Å². The molecule has 0 fully saturated rings. The van der Waals surface area contributed by atoms with Gasteiger partial charge in [-0.1, -0.05) is 0 Å². The number of hydrogen-bond donors (Lipinski definition) is 1. The number of aromatic nitrogens is 1. The molecular formula is C8H6F2INO2. The lowest BCUT2D eigenvalue weighted by Crippen LogP contribution is -2.09. The normalized spacial score (nSPS) is 10.6. The molecular weight excluding hydrogens is 307 g/mol. The van der Waals surface area contributed by atoms with Crippen molar-refractivity contribution in [3.05, 3.63) is 26.6 Å². The van der Waals surface area contributed by atoms with Crippen molar-refractivity contribution in [2.75, 3.05) is 0 Å². The van der Waals surface area contributed by atoms with E-state index < -0.39 is 23.7 Å². The van der Waals surface area contributed by atoms with E-state index in [1.807, 2.05) is 0 Å². The molecule has 3 nitrogen and oxygen atoms in total. The predicted molar refractivity (Wildman–Crippen MR) is 53.6 cm³/mol. The van der Waals surface area contributed by atoms with Crippen molar-refractivity contribution in [1.82, 2.24) is 4.98 Å². The zero-order valence-electron chi connectivity index (χ0n) is 7.09. The smallest absolute Gasteiger partial charge is 0.355 e. The lowest BCUT2D eigenvalue weighted by Gasteiger charge is -2.07. The van der Waals surface area contributed by atoms with E-state index in [-0.39, 0.29) is 3.57 Å². The Morgan fingerprint density at radius 1 is 1.64 bits per heavy atom. The molecule has 1 N–H and O–H groups in total. The summed E-state index contributed by atoms with van der Waals surface area (Å²) in [6, 6.07) is 1.43. The monoisotopic (exact) mass is 313 g/mol. The highest BCUT2D eigenvalue weighted by Crippen LogP contribution is 2.27. The van der Waals surface area contributed by atoms with Gasteiger partial charge in [-0.15, -0.1) is 0 Å². The fraction of sp³-hybridized carbons (Fsp3) is 0.250. The molecule has 6 heteroatoms. The van der Waals surface area contributed by atoms with Crippen molar-refractivity contribution in [3.63, 3.8) is 0 Å². The van der Waals surface area contributed by atoms with Gasteiger partial charge in [0, 0.05) is 9.26 Å². The molecule has 0 amide bonds. The number of halogens is 3. The number of aryl methyl sites for hydroxylation is 1. The zero-order chi connectivity index (χ0) is 10.9. The number of hydrogen-bond acceptors (Lipinski definition) is 2. The van der Waals surface area contributed by atoms with Crippen LogP contribution in [0.25, 0.3) is 0 Å². The maximum absolute atomic E-state index is 12.5. The van der Waals surface area contributed by atoms with Crippen LogP contribution in [0.1, 0.15) is 28.2 Å². The summed E-state index contributed by atoms with van der Waals surface area (Å²) in [4.78, 5) is 14.2. The molecule has 0 aliphatic rings. The first-order chi connectivity index (χ1) is 6.43. The summed E-state index contributed by atoms with van der Waals surface area (Å²) in [6.07, 6.45) is -2.82. The Morgan fingerprint density at radius 2 is 2.21 bits per heavy atom. The second kappa shape index (κ2) is 4.16. The highest BCUT2D eigenvalue weighted by Gasteiger charge is 2.22. The fourth-order valence-electron chi connectivity index (χ4n) is 1.01. The number of alkyl halides is 2. The average molecular weight is 313 g/mol. The standard InChI is InChI=1S/C8H6F2INO2/c1-3-2-4(11)5(7(9)10)6(12-3)8(13)14/h2,7H,1H3,(H,13,14). The molecule has 1 rings (SSSR count). The van der Waals surface area contributed by atoms with E-state index in [0.717, 1.165) is 0 Å². The second-order valence-corrected chi connectivity index (χ2v) is 3.78. The molecule has 1 aromatic heterocycles. The van der Waals surface area contributed by atoms with E-state index in [0.29, 0.717) is 5.69 Å². The van der Waals surface area contributed by atoms with Crippen molar-refractivity contribution in [1.29, 1.82) is 0 Å². The molecule has 0 spiro atoms. The van der Waals surface area contributed by atoms with Crippen molar-refractivity contribution in [3.8, 4) is 0 Å². The van der Waals surface area contributed by atoms with Crippen LogP contribution in [0.15, 0.2) is 6.07 Å². The van der Waals surface area contributed by atoms with E-state index in [2.05, 4.69) is 4.98 Å². The maximum atomic E-state index is 12.5. The molecule has 0 radical (unpaired) electrons. The van der Waals surface area contributed by atoms with E-state index in [4.69, 9.17) is 5.11 Å². The third-order valence-electron chi connectivity index (χ3n) is 1.56. The average Bonchev–Trinajstić information content (AvgIpc) is 2.01. The Kier molecular flexibility index (Phi) is 3.35. The van der Waals surface area contributed by atoms with Gasteiger partial charge < -0.3 is 5.11 Å². The molecule has 0 unspecified atom stereocenters. The Bertz CT molecular complexity index is 382. The van der Waals surface area contributed by atoms with Crippen molar-refractivity contribution >= 4 is 28.6 Å². The minimum absolute atomic E-state index is 0.225. The number of aromatic carboxylic acids is 1. The number of carboxylic acids is 1. The van der Waals surface area contributed by atoms with Crippen LogP contribution >= 0.6 is 22.6 Å². The van der Waals surface area contributed by atoms with Crippen molar-refractivity contribution < 1.29 is 18.7 Å². The van der Waals surface area contributed by atoms with Gasteiger partial charge in [-0.25, -0.2) is 18.6 Å². The molecule has 1 aromatic rings. The molecule has 0 aliphatic carbocycles. The Morgan fingerprint density at radius 3 is 2.64 bits per heavy atom. The second-order valence-electron chi connectivity index (χ2n) is 2.61. The van der Waals surface area contributed by atoms with E-state index >= 15 is 0 Å². The van der Waals surface area contributed by atoms with Gasteiger partial charge in [-0.2, -0.15) is 0 Å². The largest absolute Gasteiger partial charge is 0.476 e. The first-order valence-corrected chi connectivity index (χ1v) is 4.70. The van der Waals surface area contributed by atoms with Crippen molar-refractivity contribution in [2.45, 2.75) is 13.3 Å². The minimum atomic E-state index is -2.82. The van der Waals surface area contributed by atoms with Gasteiger partial charge >= 0.3 is 5.97 Å². The van der Waals surface area contributed by atoms with E-state index in [1.165, 1.54) is 6.07 Å². The van der Waals surface area contributed by atoms with Gasteiger partial charge in [0.2, 0.25) is 0 Å². The van der Waals surface area contributed by atoms with Gasteiger partial charge in [-0.3, -0.25) is 0 Å². The molecule has 0 aliphatic heterocycles. The first-order valence-electron chi connectivity index (χ1n) is 3.62. The molecule has 1 heterocycles. The third-order valence-corrected chi connectivity index (χ3v) is 2.45.